The van der Waals surface area contributed by atoms with Gasteiger partial charge in [0.15, 0.2) is 0 Å². The van der Waals surface area contributed by atoms with Crippen LogP contribution >= 0.6 is 0 Å². The summed E-state index contributed by atoms with van der Waals surface area (Å²) in [5.41, 5.74) is 0. The molecule has 1 fully saturated rings. The number of aliphatic carboxylic acids is 1. The molecule has 2 N–H and O–H groups in total. The van der Waals surface area contributed by atoms with Gasteiger partial charge in [0, 0.05) is 19.6 Å². The third-order valence-electron chi connectivity index (χ3n) is 3.85. The van der Waals surface area contributed by atoms with Crippen LogP contribution in [-0.2, 0) is 15.0 Å². The molecule has 19 heavy (non-hydrogen) atoms. The van der Waals surface area contributed by atoms with Gasteiger partial charge in [0.1, 0.15) is 0 Å². The molecule has 0 aromatic rings. The third kappa shape index (κ3) is 4.74. The Balaban J connectivity index is 2.48. The SMILES string of the molecule is CCC(CC)CNS(=O)(=O)N1CCC(C(=O)O)CC1. The van der Waals surface area contributed by atoms with Crippen molar-refractivity contribution in [1.82, 2.24) is 9.03 Å². The third-order valence-corrected chi connectivity index (χ3v) is 5.43. The summed E-state index contributed by atoms with van der Waals surface area (Å²) in [6.45, 7) is 5.11. The minimum atomic E-state index is -3.46. The summed E-state index contributed by atoms with van der Waals surface area (Å²) in [6.07, 6.45) is 2.67. The summed E-state index contributed by atoms with van der Waals surface area (Å²) in [5, 5.41) is 8.88. The maximum absolute atomic E-state index is 12.1. The molecule has 112 valence electrons. The van der Waals surface area contributed by atoms with Crippen molar-refractivity contribution in [2.45, 2.75) is 39.5 Å². The van der Waals surface area contributed by atoms with Crippen LogP contribution in [0.25, 0.3) is 0 Å². The van der Waals surface area contributed by atoms with Crippen molar-refractivity contribution in [2.24, 2.45) is 11.8 Å². The van der Waals surface area contributed by atoms with E-state index >= 15 is 0 Å². The van der Waals surface area contributed by atoms with Crippen LogP contribution in [0.15, 0.2) is 0 Å². The van der Waals surface area contributed by atoms with Crippen LogP contribution < -0.4 is 4.72 Å². The number of nitrogens with zero attached hydrogens (tertiary/aromatic N) is 1. The summed E-state index contributed by atoms with van der Waals surface area (Å²) in [7, 11) is -3.46. The number of nitrogens with one attached hydrogen (secondary N) is 1. The molecule has 0 aromatic heterocycles. The molecular formula is C12H24N2O4S. The molecule has 0 unspecified atom stereocenters. The van der Waals surface area contributed by atoms with E-state index in [1.165, 1.54) is 4.31 Å². The monoisotopic (exact) mass is 292 g/mol. The Morgan fingerprint density at radius 2 is 1.84 bits per heavy atom. The molecule has 0 amide bonds. The zero-order valence-corrected chi connectivity index (χ0v) is 12.4. The molecule has 0 radical (unpaired) electrons. The smallest absolute Gasteiger partial charge is 0.306 e. The lowest BCUT2D eigenvalue weighted by atomic mass is 9.99. The Morgan fingerprint density at radius 3 is 2.26 bits per heavy atom. The van der Waals surface area contributed by atoms with E-state index in [9.17, 15) is 13.2 Å². The number of carbonyl (C=O) groups is 1. The lowest BCUT2D eigenvalue weighted by Gasteiger charge is -2.29. The highest BCUT2D eigenvalue weighted by Gasteiger charge is 2.30. The first-order valence-electron chi connectivity index (χ1n) is 6.88. The highest BCUT2D eigenvalue weighted by Crippen LogP contribution is 2.19. The normalized spacial score (nSPS) is 18.9. The van der Waals surface area contributed by atoms with Gasteiger partial charge in [-0.3, -0.25) is 4.79 Å². The highest BCUT2D eigenvalue weighted by molar-refractivity contribution is 7.87. The fourth-order valence-electron chi connectivity index (χ4n) is 2.23. The van der Waals surface area contributed by atoms with Crippen LogP contribution in [0.4, 0.5) is 0 Å². The molecule has 1 aliphatic rings. The zero-order valence-electron chi connectivity index (χ0n) is 11.6. The number of carboxylic acid groups (broad SMARTS) is 1. The van der Waals surface area contributed by atoms with Crippen LogP contribution in [0.5, 0.6) is 0 Å². The minimum absolute atomic E-state index is 0.287. The first kappa shape index (κ1) is 16.4. The van der Waals surface area contributed by atoms with Gasteiger partial charge in [0.05, 0.1) is 5.92 Å². The van der Waals surface area contributed by atoms with Crippen LogP contribution in [0.2, 0.25) is 0 Å². The number of rotatable bonds is 7. The molecule has 0 atom stereocenters. The van der Waals surface area contributed by atoms with Gasteiger partial charge in [-0.15, -0.1) is 0 Å². The van der Waals surface area contributed by atoms with Crippen LogP contribution in [0.3, 0.4) is 0 Å². The fourth-order valence-corrected chi connectivity index (χ4v) is 3.56. The van der Waals surface area contributed by atoms with Crippen molar-refractivity contribution in [3.05, 3.63) is 0 Å². The van der Waals surface area contributed by atoms with Gasteiger partial charge in [-0.2, -0.15) is 12.7 Å². The second kappa shape index (κ2) is 7.21. The van der Waals surface area contributed by atoms with E-state index in [2.05, 4.69) is 4.72 Å². The molecule has 1 heterocycles. The predicted molar refractivity (Wildman–Crippen MR) is 72.9 cm³/mol. The van der Waals surface area contributed by atoms with Gasteiger partial charge in [0.25, 0.3) is 10.2 Å². The van der Waals surface area contributed by atoms with Crippen LogP contribution in [-0.4, -0.2) is 43.4 Å². The molecule has 6 nitrogen and oxygen atoms in total. The zero-order chi connectivity index (χ0) is 14.5. The summed E-state index contributed by atoms with van der Waals surface area (Å²) in [5.74, 6) is -0.890. The van der Waals surface area contributed by atoms with Gasteiger partial charge < -0.3 is 5.11 Å². The largest absolute Gasteiger partial charge is 0.481 e. The lowest BCUT2D eigenvalue weighted by Crippen LogP contribution is -2.46. The first-order valence-corrected chi connectivity index (χ1v) is 8.32. The second-order valence-corrected chi connectivity index (χ2v) is 6.80. The van der Waals surface area contributed by atoms with Gasteiger partial charge >= 0.3 is 5.97 Å². The van der Waals surface area contributed by atoms with Crippen LogP contribution in [0, 0.1) is 11.8 Å². The van der Waals surface area contributed by atoms with E-state index in [1.54, 1.807) is 0 Å². The number of hydrogen-bond donors (Lipinski definition) is 2. The van der Waals surface area contributed by atoms with Crippen molar-refractivity contribution in [2.75, 3.05) is 19.6 Å². The Hall–Kier alpha value is -0.660. The molecule has 1 saturated heterocycles. The van der Waals surface area contributed by atoms with E-state index in [0.717, 1.165) is 12.8 Å². The molecule has 1 rings (SSSR count). The van der Waals surface area contributed by atoms with E-state index in [1.807, 2.05) is 13.8 Å². The van der Waals surface area contributed by atoms with Gasteiger partial charge in [-0.1, -0.05) is 26.7 Å². The fraction of sp³-hybridized carbons (Fsp3) is 0.917. The molecule has 0 bridgehead atoms. The summed E-state index contributed by atoms with van der Waals surface area (Å²) in [4.78, 5) is 10.8. The molecule has 0 aromatic carbocycles. The van der Waals surface area contributed by atoms with Crippen LogP contribution in [0.1, 0.15) is 39.5 Å². The van der Waals surface area contributed by atoms with Crippen molar-refractivity contribution < 1.29 is 18.3 Å². The molecule has 1 aliphatic heterocycles. The number of piperidine rings is 1. The van der Waals surface area contributed by atoms with Gasteiger partial charge in [-0.25, -0.2) is 4.72 Å². The Morgan fingerprint density at radius 1 is 1.32 bits per heavy atom. The van der Waals surface area contributed by atoms with E-state index in [4.69, 9.17) is 5.11 Å². The summed E-state index contributed by atoms with van der Waals surface area (Å²) in [6, 6.07) is 0. The number of hydrogen-bond acceptors (Lipinski definition) is 3. The molecule has 0 aliphatic carbocycles. The maximum atomic E-state index is 12.1. The quantitative estimate of drug-likeness (QED) is 0.734. The Bertz CT molecular complexity index is 385. The first-order chi connectivity index (χ1) is 8.90. The van der Waals surface area contributed by atoms with E-state index < -0.39 is 22.1 Å². The highest BCUT2D eigenvalue weighted by atomic mass is 32.2. The number of carboxylic acids is 1. The van der Waals surface area contributed by atoms with E-state index in [-0.39, 0.29) is 13.1 Å². The van der Waals surface area contributed by atoms with E-state index in [0.29, 0.717) is 25.3 Å². The average molecular weight is 292 g/mol. The van der Waals surface area contributed by atoms with Crippen molar-refractivity contribution in [3.8, 4) is 0 Å². The maximum Gasteiger partial charge on any atom is 0.306 e. The predicted octanol–water partition coefficient (Wildman–Crippen LogP) is 1.05. The molecule has 7 heteroatoms. The Kier molecular flexibility index (Phi) is 6.22. The second-order valence-electron chi connectivity index (χ2n) is 5.05. The van der Waals surface area contributed by atoms with Gasteiger partial charge in [-0.05, 0) is 18.8 Å². The lowest BCUT2D eigenvalue weighted by molar-refractivity contribution is -0.142. The van der Waals surface area contributed by atoms with Gasteiger partial charge in [0.2, 0.25) is 0 Å². The van der Waals surface area contributed by atoms with Crippen molar-refractivity contribution in [3.63, 3.8) is 0 Å². The van der Waals surface area contributed by atoms with Crippen molar-refractivity contribution >= 4 is 16.2 Å². The summed E-state index contributed by atoms with van der Waals surface area (Å²) >= 11 is 0. The molecule has 0 spiro atoms. The Labute approximate surface area is 115 Å². The molecular weight excluding hydrogens is 268 g/mol. The standard InChI is InChI=1S/C12H24N2O4S/c1-3-10(4-2)9-13-19(17,18)14-7-5-11(6-8-14)12(15)16/h10-11,13H,3-9H2,1-2H3,(H,15,16). The molecule has 0 saturated carbocycles. The summed E-state index contributed by atoms with van der Waals surface area (Å²) < 4.78 is 28.1. The minimum Gasteiger partial charge on any atom is -0.481 e. The van der Waals surface area contributed by atoms with Crippen molar-refractivity contribution in [1.29, 1.82) is 0 Å². The average Bonchev–Trinajstić information content (AvgIpc) is 2.40. The topological polar surface area (TPSA) is 86.7 Å².